The standard InChI is InChI=1S/C48H31N5/c1-4-14-32(15-5-1)46-47(33-16-6-2-7-17-33)51-31-37(30-49-48(51)50-46)53-43-23-13-11-21-39(43)41-29-35(25-27-45(41)53)34-24-26-44-40(28-34)38-20-10-12-22-42(38)52(44)36-18-8-3-9-19-36/h1-31H. The molecule has 4 aromatic heterocycles. The van der Waals surface area contributed by atoms with Crippen LogP contribution < -0.4 is 0 Å². The van der Waals surface area contributed by atoms with E-state index in [1.807, 2.05) is 18.3 Å². The minimum atomic E-state index is 0.665. The molecule has 0 saturated heterocycles. The van der Waals surface area contributed by atoms with E-state index in [1.165, 1.54) is 43.7 Å². The predicted molar refractivity (Wildman–Crippen MR) is 218 cm³/mol. The number of imidazole rings is 1. The lowest BCUT2D eigenvalue weighted by molar-refractivity contribution is 1.05. The molecule has 0 aliphatic heterocycles. The van der Waals surface area contributed by atoms with Crippen molar-refractivity contribution in [2.75, 3.05) is 0 Å². The van der Waals surface area contributed by atoms with Crippen molar-refractivity contribution in [2.24, 2.45) is 0 Å². The molecule has 11 aromatic rings. The summed E-state index contributed by atoms with van der Waals surface area (Å²) in [6, 6.07) is 62.5. The van der Waals surface area contributed by atoms with Crippen molar-refractivity contribution in [3.8, 4) is 45.0 Å². The Morgan fingerprint density at radius 2 is 0.868 bits per heavy atom. The molecule has 7 aromatic carbocycles. The van der Waals surface area contributed by atoms with E-state index in [4.69, 9.17) is 9.97 Å². The summed E-state index contributed by atoms with van der Waals surface area (Å²) in [5, 5.41) is 4.89. The van der Waals surface area contributed by atoms with Crippen molar-refractivity contribution in [3.05, 3.63) is 188 Å². The molecule has 4 heterocycles. The average molecular weight is 678 g/mol. The number of benzene rings is 7. The molecule has 0 N–H and O–H groups in total. The minimum Gasteiger partial charge on any atom is -0.309 e. The summed E-state index contributed by atoms with van der Waals surface area (Å²) in [4.78, 5) is 10.0. The average Bonchev–Trinajstić information content (AvgIpc) is 3.89. The predicted octanol–water partition coefficient (Wildman–Crippen LogP) is 11.9. The van der Waals surface area contributed by atoms with E-state index in [-0.39, 0.29) is 0 Å². The zero-order valence-electron chi connectivity index (χ0n) is 28.6. The monoisotopic (exact) mass is 677 g/mol. The molecule has 5 heteroatoms. The highest BCUT2D eigenvalue weighted by molar-refractivity contribution is 6.12. The van der Waals surface area contributed by atoms with Crippen molar-refractivity contribution >= 4 is 49.4 Å². The summed E-state index contributed by atoms with van der Waals surface area (Å²) in [5.74, 6) is 0.665. The van der Waals surface area contributed by atoms with Gasteiger partial charge in [-0.1, -0.05) is 127 Å². The highest BCUT2D eigenvalue weighted by Gasteiger charge is 2.20. The van der Waals surface area contributed by atoms with Crippen molar-refractivity contribution in [1.29, 1.82) is 0 Å². The van der Waals surface area contributed by atoms with Crippen molar-refractivity contribution in [3.63, 3.8) is 0 Å². The van der Waals surface area contributed by atoms with E-state index in [9.17, 15) is 0 Å². The largest absolute Gasteiger partial charge is 0.309 e. The summed E-state index contributed by atoms with van der Waals surface area (Å²) in [7, 11) is 0. The molecule has 0 amide bonds. The van der Waals surface area contributed by atoms with Gasteiger partial charge in [-0.15, -0.1) is 0 Å². The van der Waals surface area contributed by atoms with Gasteiger partial charge < -0.3 is 9.13 Å². The van der Waals surface area contributed by atoms with Crippen LogP contribution in [0.3, 0.4) is 0 Å². The van der Waals surface area contributed by atoms with Crippen molar-refractivity contribution in [1.82, 2.24) is 23.5 Å². The molecule has 0 radical (unpaired) electrons. The molecule has 0 saturated carbocycles. The van der Waals surface area contributed by atoms with Gasteiger partial charge in [-0.2, -0.15) is 0 Å². The van der Waals surface area contributed by atoms with Gasteiger partial charge in [0.05, 0.1) is 45.3 Å². The first kappa shape index (κ1) is 29.5. The van der Waals surface area contributed by atoms with Crippen LogP contribution in [-0.2, 0) is 0 Å². The van der Waals surface area contributed by atoms with Gasteiger partial charge in [-0.3, -0.25) is 4.40 Å². The van der Waals surface area contributed by atoms with Crippen LogP contribution in [0.25, 0.3) is 94.4 Å². The maximum absolute atomic E-state index is 5.05. The smallest absolute Gasteiger partial charge is 0.234 e. The van der Waals surface area contributed by atoms with Gasteiger partial charge in [-0.05, 0) is 59.7 Å². The lowest BCUT2D eigenvalue weighted by atomic mass is 10.0. The Labute approximate surface area is 305 Å². The van der Waals surface area contributed by atoms with Crippen LogP contribution in [0.1, 0.15) is 0 Å². The Balaban J connectivity index is 1.10. The van der Waals surface area contributed by atoms with Gasteiger partial charge >= 0.3 is 0 Å². The summed E-state index contributed by atoms with van der Waals surface area (Å²) in [6.45, 7) is 0. The molecule has 0 unspecified atom stereocenters. The second-order valence-electron chi connectivity index (χ2n) is 13.5. The van der Waals surface area contributed by atoms with Crippen molar-refractivity contribution < 1.29 is 0 Å². The van der Waals surface area contributed by atoms with Crippen LogP contribution >= 0.6 is 0 Å². The van der Waals surface area contributed by atoms with E-state index in [1.54, 1.807) is 0 Å². The SMILES string of the molecule is c1ccc(-c2nc3ncc(-n4c5ccccc5c5cc(-c6ccc7c(c6)c6ccccc6n7-c6ccccc6)ccc54)cn3c2-c2ccccc2)cc1. The molecular weight excluding hydrogens is 647 g/mol. The lowest BCUT2D eigenvalue weighted by Crippen LogP contribution is -1.99. The zero-order chi connectivity index (χ0) is 34.9. The maximum Gasteiger partial charge on any atom is 0.234 e. The Morgan fingerprint density at radius 1 is 0.377 bits per heavy atom. The number of nitrogens with zero attached hydrogens (tertiary/aromatic N) is 5. The van der Waals surface area contributed by atoms with Gasteiger partial charge in [0.1, 0.15) is 0 Å². The molecule has 0 aliphatic rings. The molecule has 0 spiro atoms. The summed E-state index contributed by atoms with van der Waals surface area (Å²) in [5.41, 5.74) is 13.3. The maximum atomic E-state index is 5.05. The Morgan fingerprint density at radius 3 is 1.47 bits per heavy atom. The lowest BCUT2D eigenvalue weighted by Gasteiger charge is -2.10. The first-order valence-corrected chi connectivity index (χ1v) is 17.9. The van der Waals surface area contributed by atoms with Gasteiger partial charge in [0.25, 0.3) is 0 Å². The van der Waals surface area contributed by atoms with Gasteiger partial charge in [0.15, 0.2) is 0 Å². The number of rotatable bonds is 5. The van der Waals surface area contributed by atoms with Crippen LogP contribution in [0, 0.1) is 0 Å². The molecule has 0 aliphatic carbocycles. The first-order valence-electron chi connectivity index (χ1n) is 17.9. The minimum absolute atomic E-state index is 0.665. The first-order chi connectivity index (χ1) is 26.3. The summed E-state index contributed by atoms with van der Waals surface area (Å²) in [6.07, 6.45) is 4.13. The Hall–Kier alpha value is -7.24. The molecule has 0 fully saturated rings. The topological polar surface area (TPSA) is 40.0 Å². The fourth-order valence-corrected chi connectivity index (χ4v) is 8.15. The molecule has 248 valence electrons. The quantitative estimate of drug-likeness (QED) is 0.182. The molecule has 11 rings (SSSR count). The van der Waals surface area contributed by atoms with Crippen LogP contribution in [0.5, 0.6) is 0 Å². The van der Waals surface area contributed by atoms with Crippen LogP contribution in [0.15, 0.2) is 188 Å². The fourth-order valence-electron chi connectivity index (χ4n) is 8.15. The van der Waals surface area contributed by atoms with E-state index >= 15 is 0 Å². The van der Waals surface area contributed by atoms with E-state index in [2.05, 4.69) is 184 Å². The Kier molecular flexibility index (Phi) is 6.48. The molecular formula is C48H31N5. The highest BCUT2D eigenvalue weighted by Crippen LogP contribution is 2.39. The second-order valence-corrected chi connectivity index (χ2v) is 13.5. The molecule has 5 nitrogen and oxygen atoms in total. The van der Waals surface area contributed by atoms with Crippen LogP contribution in [-0.4, -0.2) is 23.5 Å². The van der Waals surface area contributed by atoms with Gasteiger partial charge in [0, 0.05) is 44.6 Å². The third-order valence-corrected chi connectivity index (χ3v) is 10.5. The van der Waals surface area contributed by atoms with Gasteiger partial charge in [0.2, 0.25) is 5.78 Å². The summed E-state index contributed by atoms with van der Waals surface area (Å²) < 4.78 is 6.83. The fraction of sp³-hybridized carbons (Fsp3) is 0. The second kappa shape index (κ2) is 11.7. The number of hydrogen-bond acceptors (Lipinski definition) is 2. The highest BCUT2D eigenvalue weighted by atomic mass is 15.1. The number of fused-ring (bicyclic) bond motifs is 7. The molecule has 0 atom stereocenters. The van der Waals surface area contributed by atoms with E-state index < -0.39 is 0 Å². The van der Waals surface area contributed by atoms with Crippen LogP contribution in [0.2, 0.25) is 0 Å². The zero-order valence-corrected chi connectivity index (χ0v) is 28.6. The van der Waals surface area contributed by atoms with Crippen LogP contribution in [0.4, 0.5) is 0 Å². The van der Waals surface area contributed by atoms with E-state index in [0.29, 0.717) is 5.78 Å². The van der Waals surface area contributed by atoms with E-state index in [0.717, 1.165) is 44.9 Å². The molecule has 0 bridgehead atoms. The molecule has 53 heavy (non-hydrogen) atoms. The number of aromatic nitrogens is 5. The number of para-hydroxylation sites is 3. The summed E-state index contributed by atoms with van der Waals surface area (Å²) >= 11 is 0. The normalized spacial score (nSPS) is 11.8. The number of hydrogen-bond donors (Lipinski definition) is 0. The van der Waals surface area contributed by atoms with Crippen molar-refractivity contribution in [2.45, 2.75) is 0 Å². The third-order valence-electron chi connectivity index (χ3n) is 10.5. The Bertz CT molecular complexity index is 3150. The third kappa shape index (κ3) is 4.57. The van der Waals surface area contributed by atoms with Gasteiger partial charge in [-0.25, -0.2) is 9.97 Å².